The molecule has 2 heterocycles. The van der Waals surface area contributed by atoms with Gasteiger partial charge in [0.25, 0.3) is 0 Å². The van der Waals surface area contributed by atoms with Gasteiger partial charge in [-0.05, 0) is 34.1 Å². The first-order valence-corrected chi connectivity index (χ1v) is 6.48. The molecule has 2 aromatic heterocycles. The maximum Gasteiger partial charge on any atom is 0.151 e. The molecule has 2 rings (SSSR count). The highest BCUT2D eigenvalue weighted by Crippen LogP contribution is 2.22. The Bertz CT molecular complexity index is 516. The van der Waals surface area contributed by atoms with Gasteiger partial charge in [0.1, 0.15) is 0 Å². The van der Waals surface area contributed by atoms with Gasteiger partial charge >= 0.3 is 0 Å². The number of aromatic nitrogens is 2. The van der Waals surface area contributed by atoms with Crippen molar-refractivity contribution >= 4 is 27.4 Å². The van der Waals surface area contributed by atoms with E-state index < -0.39 is 0 Å². The number of pyridine rings is 2. The monoisotopic (exact) mass is 306 g/mol. The van der Waals surface area contributed by atoms with E-state index in [0.717, 1.165) is 29.0 Å². The van der Waals surface area contributed by atoms with Crippen LogP contribution in [0.2, 0.25) is 0 Å². The van der Waals surface area contributed by atoms with Gasteiger partial charge in [-0.15, -0.1) is 0 Å². The molecule has 0 atom stereocenters. The SMILES string of the molecule is CN(CCc1ccccn1)c1ncc(Br)cc1N. The van der Waals surface area contributed by atoms with E-state index in [9.17, 15) is 0 Å². The molecule has 0 amide bonds. The molecule has 18 heavy (non-hydrogen) atoms. The molecule has 94 valence electrons. The molecule has 0 saturated heterocycles. The Balaban J connectivity index is 2.01. The summed E-state index contributed by atoms with van der Waals surface area (Å²) in [5.41, 5.74) is 7.68. The molecular formula is C13H15BrN4. The number of nitrogen functional groups attached to an aromatic ring is 1. The van der Waals surface area contributed by atoms with Crippen molar-refractivity contribution in [3.63, 3.8) is 0 Å². The number of hydrogen-bond acceptors (Lipinski definition) is 4. The highest BCUT2D eigenvalue weighted by atomic mass is 79.9. The van der Waals surface area contributed by atoms with Crippen LogP contribution in [0.25, 0.3) is 0 Å². The first kappa shape index (κ1) is 12.8. The molecule has 4 nitrogen and oxygen atoms in total. The lowest BCUT2D eigenvalue weighted by Crippen LogP contribution is -2.22. The molecule has 0 unspecified atom stereocenters. The van der Waals surface area contributed by atoms with Crippen molar-refractivity contribution in [3.8, 4) is 0 Å². The van der Waals surface area contributed by atoms with Crippen molar-refractivity contribution in [1.82, 2.24) is 9.97 Å². The number of rotatable bonds is 4. The number of halogens is 1. The zero-order chi connectivity index (χ0) is 13.0. The van der Waals surface area contributed by atoms with E-state index in [4.69, 9.17) is 5.73 Å². The van der Waals surface area contributed by atoms with E-state index in [1.165, 1.54) is 0 Å². The number of hydrogen-bond donors (Lipinski definition) is 1. The lowest BCUT2D eigenvalue weighted by Gasteiger charge is -2.19. The van der Waals surface area contributed by atoms with Crippen LogP contribution >= 0.6 is 15.9 Å². The molecule has 0 aliphatic heterocycles. The zero-order valence-electron chi connectivity index (χ0n) is 10.2. The Kier molecular flexibility index (Phi) is 4.15. The largest absolute Gasteiger partial charge is 0.396 e. The molecule has 0 aromatic carbocycles. The maximum atomic E-state index is 5.94. The first-order chi connectivity index (χ1) is 8.66. The average Bonchev–Trinajstić information content (AvgIpc) is 2.37. The average molecular weight is 307 g/mol. The van der Waals surface area contributed by atoms with Crippen LogP contribution in [0.15, 0.2) is 41.1 Å². The Morgan fingerprint density at radius 1 is 1.33 bits per heavy atom. The van der Waals surface area contributed by atoms with Crippen molar-refractivity contribution < 1.29 is 0 Å². The van der Waals surface area contributed by atoms with Crippen LogP contribution in [0.4, 0.5) is 11.5 Å². The summed E-state index contributed by atoms with van der Waals surface area (Å²) >= 11 is 3.35. The van der Waals surface area contributed by atoms with E-state index in [2.05, 4.69) is 25.9 Å². The van der Waals surface area contributed by atoms with Crippen LogP contribution in [0.3, 0.4) is 0 Å². The van der Waals surface area contributed by atoms with Gasteiger partial charge in [0.2, 0.25) is 0 Å². The standard InChI is InChI=1S/C13H15BrN4/c1-18(7-5-11-4-2-3-6-16-11)13-12(15)8-10(14)9-17-13/h2-4,6,8-9H,5,7,15H2,1H3. The Morgan fingerprint density at radius 2 is 2.17 bits per heavy atom. The second-order valence-electron chi connectivity index (χ2n) is 4.06. The summed E-state index contributed by atoms with van der Waals surface area (Å²) in [5.74, 6) is 0.800. The molecule has 0 spiro atoms. The van der Waals surface area contributed by atoms with Crippen LogP contribution in [-0.4, -0.2) is 23.6 Å². The minimum absolute atomic E-state index is 0.674. The third-order valence-corrected chi connectivity index (χ3v) is 3.09. The van der Waals surface area contributed by atoms with Crippen molar-refractivity contribution in [2.45, 2.75) is 6.42 Å². The molecule has 2 aromatic rings. The predicted molar refractivity (Wildman–Crippen MR) is 77.6 cm³/mol. The van der Waals surface area contributed by atoms with Crippen molar-refractivity contribution in [1.29, 1.82) is 0 Å². The van der Waals surface area contributed by atoms with Gasteiger partial charge in [0.15, 0.2) is 5.82 Å². The zero-order valence-corrected chi connectivity index (χ0v) is 11.8. The van der Waals surface area contributed by atoms with E-state index in [1.807, 2.05) is 42.4 Å². The van der Waals surface area contributed by atoms with Gasteiger partial charge in [0, 0.05) is 42.6 Å². The first-order valence-electron chi connectivity index (χ1n) is 5.69. The van der Waals surface area contributed by atoms with Crippen molar-refractivity contribution in [2.24, 2.45) is 0 Å². The highest BCUT2D eigenvalue weighted by molar-refractivity contribution is 9.10. The summed E-state index contributed by atoms with van der Waals surface area (Å²) in [6.07, 6.45) is 4.43. The molecule has 5 heteroatoms. The fraction of sp³-hybridized carbons (Fsp3) is 0.231. The summed E-state index contributed by atoms with van der Waals surface area (Å²) in [6.45, 7) is 0.829. The minimum Gasteiger partial charge on any atom is -0.396 e. The van der Waals surface area contributed by atoms with Crippen LogP contribution in [0, 0.1) is 0 Å². The third-order valence-electron chi connectivity index (χ3n) is 2.65. The molecule has 0 aliphatic carbocycles. The molecule has 0 aliphatic rings. The number of nitrogens with two attached hydrogens (primary N) is 1. The summed E-state index contributed by atoms with van der Waals surface area (Å²) in [4.78, 5) is 10.7. The van der Waals surface area contributed by atoms with Gasteiger partial charge in [-0.2, -0.15) is 0 Å². The molecule has 0 saturated carbocycles. The van der Waals surface area contributed by atoms with Gasteiger partial charge in [-0.1, -0.05) is 6.07 Å². The van der Waals surface area contributed by atoms with Gasteiger partial charge < -0.3 is 10.6 Å². The Morgan fingerprint density at radius 3 is 2.83 bits per heavy atom. The van der Waals surface area contributed by atoms with E-state index in [1.54, 1.807) is 6.20 Å². The summed E-state index contributed by atoms with van der Waals surface area (Å²) in [5, 5.41) is 0. The fourth-order valence-electron chi connectivity index (χ4n) is 1.70. The number of anilines is 2. The van der Waals surface area contributed by atoms with E-state index in [-0.39, 0.29) is 0 Å². The molecule has 2 N–H and O–H groups in total. The molecule has 0 bridgehead atoms. The van der Waals surface area contributed by atoms with Crippen LogP contribution in [0.1, 0.15) is 5.69 Å². The van der Waals surface area contributed by atoms with Crippen LogP contribution < -0.4 is 10.6 Å². The minimum atomic E-state index is 0.674. The van der Waals surface area contributed by atoms with E-state index in [0.29, 0.717) is 5.69 Å². The molecule has 0 fully saturated rings. The van der Waals surface area contributed by atoms with Gasteiger partial charge in [-0.25, -0.2) is 4.98 Å². The van der Waals surface area contributed by atoms with Crippen molar-refractivity contribution in [3.05, 3.63) is 46.8 Å². The van der Waals surface area contributed by atoms with Gasteiger partial charge in [-0.3, -0.25) is 4.98 Å². The highest BCUT2D eigenvalue weighted by Gasteiger charge is 2.07. The molecular weight excluding hydrogens is 292 g/mol. The maximum absolute atomic E-state index is 5.94. The lowest BCUT2D eigenvalue weighted by atomic mass is 10.2. The summed E-state index contributed by atoms with van der Waals surface area (Å²) < 4.78 is 0.891. The van der Waals surface area contributed by atoms with Gasteiger partial charge in [0.05, 0.1) is 5.69 Å². The second kappa shape index (κ2) is 5.82. The normalized spacial score (nSPS) is 10.3. The summed E-state index contributed by atoms with van der Waals surface area (Å²) in [7, 11) is 1.98. The lowest BCUT2D eigenvalue weighted by molar-refractivity contribution is 0.840. The second-order valence-corrected chi connectivity index (χ2v) is 4.97. The third kappa shape index (κ3) is 3.20. The quantitative estimate of drug-likeness (QED) is 0.943. The fourth-order valence-corrected chi connectivity index (χ4v) is 2.05. The predicted octanol–water partition coefficient (Wildman–Crippen LogP) is 2.50. The Labute approximate surface area is 115 Å². The topological polar surface area (TPSA) is 55.0 Å². The van der Waals surface area contributed by atoms with E-state index >= 15 is 0 Å². The number of nitrogens with zero attached hydrogens (tertiary/aromatic N) is 3. The number of likely N-dealkylation sites (N-methyl/N-ethyl adjacent to an activating group) is 1. The summed E-state index contributed by atoms with van der Waals surface area (Å²) in [6, 6.07) is 7.79. The smallest absolute Gasteiger partial charge is 0.151 e. The van der Waals surface area contributed by atoms with Crippen LogP contribution in [-0.2, 0) is 6.42 Å². The molecule has 0 radical (unpaired) electrons. The van der Waals surface area contributed by atoms with Crippen molar-refractivity contribution in [2.75, 3.05) is 24.2 Å². The van der Waals surface area contributed by atoms with Crippen LogP contribution in [0.5, 0.6) is 0 Å². The Hall–Kier alpha value is -1.62.